The maximum Gasteiger partial charge on any atom is 0.411 e. The molecular weight excluding hydrogens is 418 g/mol. The highest BCUT2D eigenvalue weighted by molar-refractivity contribution is 5.84. The quantitative estimate of drug-likeness (QED) is 0.519. The molecule has 0 radical (unpaired) electrons. The molecule has 0 saturated carbocycles. The van der Waals surface area contributed by atoms with E-state index in [0.717, 1.165) is 18.2 Å². The lowest BCUT2D eigenvalue weighted by Crippen LogP contribution is -2.28. The fraction of sp³-hybridized carbons (Fsp3) is 0.261. The van der Waals surface area contributed by atoms with Crippen LogP contribution in [-0.2, 0) is 11.3 Å². The maximum atomic E-state index is 13.5. The second-order valence-corrected chi connectivity index (χ2v) is 7.44. The minimum atomic E-state index is -0.731. The van der Waals surface area contributed by atoms with E-state index in [9.17, 15) is 18.4 Å². The van der Waals surface area contributed by atoms with Crippen LogP contribution < -0.4 is 16.2 Å². The molecule has 0 unspecified atom stereocenters. The van der Waals surface area contributed by atoms with Crippen LogP contribution in [0.1, 0.15) is 19.4 Å². The second kappa shape index (κ2) is 10.6. The van der Waals surface area contributed by atoms with Crippen LogP contribution in [0, 0.1) is 11.6 Å². The highest BCUT2D eigenvalue weighted by Gasteiger charge is 2.09. The third-order valence-electron chi connectivity index (χ3n) is 4.42. The number of benzene rings is 2. The van der Waals surface area contributed by atoms with E-state index in [-0.39, 0.29) is 30.0 Å². The zero-order valence-electron chi connectivity index (χ0n) is 17.8. The maximum absolute atomic E-state index is 13.5. The Morgan fingerprint density at radius 3 is 2.56 bits per heavy atom. The molecule has 0 aliphatic heterocycles. The predicted molar refractivity (Wildman–Crippen MR) is 118 cm³/mol. The Hall–Kier alpha value is -3.59. The van der Waals surface area contributed by atoms with E-state index in [1.807, 2.05) is 13.8 Å². The van der Waals surface area contributed by atoms with Crippen molar-refractivity contribution >= 4 is 11.8 Å². The molecule has 0 atom stereocenters. The van der Waals surface area contributed by atoms with E-state index >= 15 is 0 Å². The van der Waals surface area contributed by atoms with Crippen LogP contribution in [-0.4, -0.2) is 35.1 Å². The molecule has 168 valence electrons. The SMILES string of the molecule is CC(C)NCCOC(=O)Nc1cccc(Cn2nc(-c3cc(F)cc(F)c3)ccc2=O)c1. The van der Waals surface area contributed by atoms with Crippen LogP contribution >= 0.6 is 0 Å². The van der Waals surface area contributed by atoms with Crippen LogP contribution in [0.4, 0.5) is 19.3 Å². The normalized spacial score (nSPS) is 10.9. The van der Waals surface area contributed by atoms with Crippen molar-refractivity contribution in [1.82, 2.24) is 15.1 Å². The smallest absolute Gasteiger partial charge is 0.411 e. The molecule has 0 saturated heterocycles. The summed E-state index contributed by atoms with van der Waals surface area (Å²) in [4.78, 5) is 24.2. The zero-order chi connectivity index (χ0) is 23.1. The average Bonchev–Trinajstić information content (AvgIpc) is 2.72. The summed E-state index contributed by atoms with van der Waals surface area (Å²) in [5.41, 5.74) is 1.31. The van der Waals surface area contributed by atoms with Crippen molar-refractivity contribution in [3.05, 3.63) is 82.1 Å². The number of rotatable bonds is 8. The largest absolute Gasteiger partial charge is 0.448 e. The summed E-state index contributed by atoms with van der Waals surface area (Å²) in [6, 6.07) is 12.9. The summed E-state index contributed by atoms with van der Waals surface area (Å²) >= 11 is 0. The van der Waals surface area contributed by atoms with Crippen molar-refractivity contribution < 1.29 is 18.3 Å². The van der Waals surface area contributed by atoms with Crippen LogP contribution in [0.5, 0.6) is 0 Å². The highest BCUT2D eigenvalue weighted by atomic mass is 19.1. The van der Waals surface area contributed by atoms with Crippen LogP contribution in [0.25, 0.3) is 11.3 Å². The van der Waals surface area contributed by atoms with Gasteiger partial charge in [0.05, 0.1) is 12.2 Å². The molecule has 32 heavy (non-hydrogen) atoms. The van der Waals surface area contributed by atoms with Gasteiger partial charge >= 0.3 is 6.09 Å². The Balaban J connectivity index is 1.70. The molecule has 1 heterocycles. The van der Waals surface area contributed by atoms with Crippen LogP contribution in [0.3, 0.4) is 0 Å². The van der Waals surface area contributed by atoms with Gasteiger partial charge < -0.3 is 10.1 Å². The fourth-order valence-corrected chi connectivity index (χ4v) is 2.98. The highest BCUT2D eigenvalue weighted by Crippen LogP contribution is 2.19. The lowest BCUT2D eigenvalue weighted by molar-refractivity contribution is 0.161. The Morgan fingerprint density at radius 1 is 1.09 bits per heavy atom. The number of nitrogens with one attached hydrogen (secondary N) is 2. The number of hydrogen-bond acceptors (Lipinski definition) is 5. The molecule has 2 N–H and O–H groups in total. The molecule has 0 fully saturated rings. The molecule has 0 spiro atoms. The van der Waals surface area contributed by atoms with Crippen molar-refractivity contribution in [2.45, 2.75) is 26.4 Å². The van der Waals surface area contributed by atoms with Gasteiger partial charge in [-0.05, 0) is 35.9 Å². The standard InChI is InChI=1S/C23H24F2N4O3/c1-15(2)26-8-9-32-23(31)27-20-5-3-4-16(10-20)14-29-22(30)7-6-21(28-29)17-11-18(24)13-19(25)12-17/h3-7,10-13,15,26H,8-9,14H2,1-2H3,(H,27,31). The molecular formula is C23H24F2N4O3. The third kappa shape index (κ3) is 6.71. The Bertz CT molecular complexity index is 1130. The van der Waals surface area contributed by atoms with Crippen LogP contribution in [0.2, 0.25) is 0 Å². The van der Waals surface area contributed by atoms with Gasteiger partial charge in [-0.25, -0.2) is 18.3 Å². The number of amides is 1. The summed E-state index contributed by atoms with van der Waals surface area (Å²) < 4.78 is 33.4. The number of carbonyl (C=O) groups is 1. The molecule has 0 bridgehead atoms. The molecule has 1 aromatic heterocycles. The van der Waals surface area contributed by atoms with E-state index in [4.69, 9.17) is 4.74 Å². The summed E-state index contributed by atoms with van der Waals surface area (Å²) in [7, 11) is 0. The molecule has 0 aliphatic rings. The van der Waals surface area contributed by atoms with Crippen molar-refractivity contribution in [2.75, 3.05) is 18.5 Å². The Labute approximate surface area is 184 Å². The van der Waals surface area contributed by atoms with E-state index < -0.39 is 17.7 Å². The van der Waals surface area contributed by atoms with Gasteiger partial charge in [-0.3, -0.25) is 10.1 Å². The predicted octanol–water partition coefficient (Wildman–Crippen LogP) is 3.78. The Morgan fingerprint density at radius 2 is 1.84 bits per heavy atom. The number of aromatic nitrogens is 2. The van der Waals surface area contributed by atoms with E-state index in [1.165, 1.54) is 16.8 Å². The second-order valence-electron chi connectivity index (χ2n) is 7.44. The molecule has 0 aliphatic carbocycles. The number of halogens is 2. The van der Waals surface area contributed by atoms with Gasteiger partial charge in [-0.15, -0.1) is 0 Å². The molecule has 7 nitrogen and oxygen atoms in total. The van der Waals surface area contributed by atoms with Crippen molar-refractivity contribution in [1.29, 1.82) is 0 Å². The van der Waals surface area contributed by atoms with Gasteiger partial charge in [0, 0.05) is 36.0 Å². The zero-order valence-corrected chi connectivity index (χ0v) is 17.8. The Kier molecular flexibility index (Phi) is 7.67. The van der Waals surface area contributed by atoms with Gasteiger partial charge in [0.2, 0.25) is 0 Å². The first-order valence-corrected chi connectivity index (χ1v) is 10.1. The summed E-state index contributed by atoms with van der Waals surface area (Å²) in [6.45, 7) is 4.88. The first kappa shape index (κ1) is 23.1. The van der Waals surface area contributed by atoms with E-state index in [0.29, 0.717) is 23.8 Å². The molecule has 9 heteroatoms. The van der Waals surface area contributed by atoms with E-state index in [2.05, 4.69) is 15.7 Å². The third-order valence-corrected chi connectivity index (χ3v) is 4.42. The topological polar surface area (TPSA) is 85.2 Å². The minimum Gasteiger partial charge on any atom is -0.448 e. The van der Waals surface area contributed by atoms with Crippen molar-refractivity contribution in [3.8, 4) is 11.3 Å². The first-order valence-electron chi connectivity index (χ1n) is 10.1. The molecule has 3 aromatic rings. The molecule has 1 amide bonds. The first-order chi connectivity index (χ1) is 15.3. The van der Waals surface area contributed by atoms with Gasteiger partial charge in [-0.1, -0.05) is 26.0 Å². The number of hydrogen-bond donors (Lipinski definition) is 2. The lowest BCUT2D eigenvalue weighted by atomic mass is 10.1. The average molecular weight is 442 g/mol. The monoisotopic (exact) mass is 442 g/mol. The van der Waals surface area contributed by atoms with Crippen molar-refractivity contribution in [2.24, 2.45) is 0 Å². The number of anilines is 1. The summed E-state index contributed by atoms with van der Waals surface area (Å²) in [5.74, 6) is -1.46. The number of carbonyl (C=O) groups excluding carboxylic acids is 1. The van der Waals surface area contributed by atoms with Crippen molar-refractivity contribution in [3.63, 3.8) is 0 Å². The van der Waals surface area contributed by atoms with Gasteiger partial charge in [-0.2, -0.15) is 5.10 Å². The number of ether oxygens (including phenoxy) is 1. The molecule has 2 aromatic carbocycles. The van der Waals surface area contributed by atoms with E-state index in [1.54, 1.807) is 24.3 Å². The summed E-state index contributed by atoms with van der Waals surface area (Å²) in [6.07, 6.45) is -0.585. The minimum absolute atomic E-state index is 0.105. The molecule has 3 rings (SSSR count). The van der Waals surface area contributed by atoms with Gasteiger partial charge in [0.15, 0.2) is 0 Å². The van der Waals surface area contributed by atoms with Gasteiger partial charge in [0.25, 0.3) is 5.56 Å². The van der Waals surface area contributed by atoms with Gasteiger partial charge in [0.1, 0.15) is 18.2 Å². The lowest BCUT2D eigenvalue weighted by Gasteiger charge is -2.11. The fourth-order valence-electron chi connectivity index (χ4n) is 2.98. The van der Waals surface area contributed by atoms with Crippen LogP contribution in [0.15, 0.2) is 59.4 Å². The summed E-state index contributed by atoms with van der Waals surface area (Å²) in [5, 5.41) is 10.0. The number of nitrogens with zero attached hydrogens (tertiary/aromatic N) is 2.